The molecule has 1 fully saturated rings. The third-order valence-electron chi connectivity index (χ3n) is 3.02. The maximum absolute atomic E-state index is 5.68. The van der Waals surface area contributed by atoms with Crippen LogP contribution in [0, 0.1) is 0 Å². The molecule has 1 heterocycles. The summed E-state index contributed by atoms with van der Waals surface area (Å²) < 4.78 is 16.6. The first kappa shape index (κ1) is 11.4. The van der Waals surface area contributed by atoms with Gasteiger partial charge in [-0.25, -0.2) is 0 Å². The zero-order valence-electron chi connectivity index (χ0n) is 10.1. The van der Waals surface area contributed by atoms with Gasteiger partial charge >= 0.3 is 0 Å². The average molecular weight is 222 g/mol. The number of aryl methyl sites for hydroxylation is 1. The number of methoxy groups -OCH3 is 1. The van der Waals surface area contributed by atoms with Crippen LogP contribution in [0.1, 0.15) is 25.0 Å². The lowest BCUT2D eigenvalue weighted by Gasteiger charge is -2.25. The van der Waals surface area contributed by atoms with Crippen LogP contribution in [0.25, 0.3) is 0 Å². The SMILES string of the molecule is CCc1cc(OC)ccc1C1(C)OCCO1. The Morgan fingerprint density at radius 1 is 1.31 bits per heavy atom. The fraction of sp³-hybridized carbons (Fsp3) is 0.538. The van der Waals surface area contributed by atoms with Gasteiger partial charge in [-0.1, -0.05) is 6.92 Å². The Morgan fingerprint density at radius 2 is 2.00 bits per heavy atom. The van der Waals surface area contributed by atoms with Crippen molar-refractivity contribution < 1.29 is 14.2 Å². The van der Waals surface area contributed by atoms with Crippen LogP contribution in [-0.2, 0) is 21.7 Å². The first-order chi connectivity index (χ1) is 7.69. The summed E-state index contributed by atoms with van der Waals surface area (Å²) in [6.07, 6.45) is 0.939. The van der Waals surface area contributed by atoms with Crippen LogP contribution in [0.2, 0.25) is 0 Å². The van der Waals surface area contributed by atoms with E-state index in [1.54, 1.807) is 7.11 Å². The molecule has 0 N–H and O–H groups in total. The largest absolute Gasteiger partial charge is 0.497 e. The lowest BCUT2D eigenvalue weighted by atomic mass is 9.98. The molecule has 0 aliphatic carbocycles. The Labute approximate surface area is 96.3 Å². The van der Waals surface area contributed by atoms with Crippen LogP contribution in [0.4, 0.5) is 0 Å². The smallest absolute Gasteiger partial charge is 0.192 e. The van der Waals surface area contributed by atoms with Crippen LogP contribution in [-0.4, -0.2) is 20.3 Å². The van der Waals surface area contributed by atoms with Gasteiger partial charge in [-0.05, 0) is 37.1 Å². The molecule has 3 heteroatoms. The van der Waals surface area contributed by atoms with Gasteiger partial charge < -0.3 is 14.2 Å². The van der Waals surface area contributed by atoms with Crippen molar-refractivity contribution in [2.75, 3.05) is 20.3 Å². The van der Waals surface area contributed by atoms with E-state index in [1.165, 1.54) is 5.56 Å². The highest BCUT2D eigenvalue weighted by Crippen LogP contribution is 2.34. The summed E-state index contributed by atoms with van der Waals surface area (Å²) in [5.74, 6) is 0.291. The summed E-state index contributed by atoms with van der Waals surface area (Å²) in [6, 6.07) is 6.03. The standard InChI is InChI=1S/C13H18O3/c1-4-10-9-11(14-3)5-6-12(10)13(2)15-7-8-16-13/h5-6,9H,4,7-8H2,1-3H3. The Hall–Kier alpha value is -1.06. The molecular weight excluding hydrogens is 204 g/mol. The van der Waals surface area contributed by atoms with Gasteiger partial charge in [0.25, 0.3) is 0 Å². The van der Waals surface area contributed by atoms with Crippen molar-refractivity contribution in [1.82, 2.24) is 0 Å². The van der Waals surface area contributed by atoms with Crippen LogP contribution < -0.4 is 4.74 Å². The van der Waals surface area contributed by atoms with Gasteiger partial charge in [-0.15, -0.1) is 0 Å². The van der Waals surface area contributed by atoms with Crippen LogP contribution >= 0.6 is 0 Å². The number of rotatable bonds is 3. The Morgan fingerprint density at radius 3 is 2.56 bits per heavy atom. The number of hydrogen-bond acceptors (Lipinski definition) is 3. The van der Waals surface area contributed by atoms with E-state index in [1.807, 2.05) is 25.1 Å². The summed E-state index contributed by atoms with van der Waals surface area (Å²) in [7, 11) is 1.68. The second-order valence-electron chi connectivity index (χ2n) is 4.02. The molecule has 0 bridgehead atoms. The van der Waals surface area contributed by atoms with E-state index >= 15 is 0 Å². The highest BCUT2D eigenvalue weighted by Gasteiger charge is 2.34. The fourth-order valence-corrected chi connectivity index (χ4v) is 2.10. The first-order valence-electron chi connectivity index (χ1n) is 5.65. The molecule has 0 aromatic heterocycles. The first-order valence-corrected chi connectivity index (χ1v) is 5.65. The van der Waals surface area contributed by atoms with Gasteiger partial charge in [0, 0.05) is 5.56 Å². The van der Waals surface area contributed by atoms with Gasteiger partial charge in [-0.3, -0.25) is 0 Å². The molecule has 1 aliphatic rings. The minimum absolute atomic E-state index is 0.586. The quantitative estimate of drug-likeness (QED) is 0.786. The summed E-state index contributed by atoms with van der Waals surface area (Å²) in [6.45, 7) is 5.41. The van der Waals surface area contributed by atoms with Crippen molar-refractivity contribution in [3.05, 3.63) is 29.3 Å². The maximum atomic E-state index is 5.68. The van der Waals surface area contributed by atoms with Crippen molar-refractivity contribution in [2.45, 2.75) is 26.1 Å². The molecule has 0 spiro atoms. The van der Waals surface area contributed by atoms with Gasteiger partial charge in [-0.2, -0.15) is 0 Å². The second-order valence-corrected chi connectivity index (χ2v) is 4.02. The van der Waals surface area contributed by atoms with Crippen molar-refractivity contribution in [3.8, 4) is 5.75 Å². The van der Waals surface area contributed by atoms with Crippen LogP contribution in [0.3, 0.4) is 0 Å². The second kappa shape index (κ2) is 4.44. The number of hydrogen-bond donors (Lipinski definition) is 0. The Balaban J connectivity index is 2.39. The molecule has 1 aliphatic heterocycles. The van der Waals surface area contributed by atoms with Gasteiger partial charge in [0.1, 0.15) is 5.75 Å². The van der Waals surface area contributed by atoms with Gasteiger partial charge in [0.05, 0.1) is 20.3 Å². The van der Waals surface area contributed by atoms with Crippen molar-refractivity contribution in [3.63, 3.8) is 0 Å². The predicted octanol–water partition coefficient (Wildman–Crippen LogP) is 2.48. The molecule has 88 valence electrons. The number of benzene rings is 1. The topological polar surface area (TPSA) is 27.7 Å². The zero-order chi connectivity index (χ0) is 11.6. The minimum Gasteiger partial charge on any atom is -0.497 e. The molecule has 1 saturated heterocycles. The Kier molecular flexibility index (Phi) is 3.17. The monoisotopic (exact) mass is 222 g/mol. The normalized spacial score (nSPS) is 18.7. The van der Waals surface area contributed by atoms with Crippen molar-refractivity contribution in [2.24, 2.45) is 0 Å². The molecule has 0 unspecified atom stereocenters. The summed E-state index contributed by atoms with van der Waals surface area (Å²) >= 11 is 0. The molecule has 1 aromatic rings. The van der Waals surface area contributed by atoms with E-state index in [0.717, 1.165) is 17.7 Å². The summed E-state index contributed by atoms with van der Waals surface area (Å²) in [5, 5.41) is 0. The van der Waals surface area contributed by atoms with E-state index in [4.69, 9.17) is 14.2 Å². The van der Waals surface area contributed by atoms with Crippen LogP contribution in [0.5, 0.6) is 5.75 Å². The van der Waals surface area contributed by atoms with E-state index in [2.05, 4.69) is 6.92 Å². The van der Waals surface area contributed by atoms with Crippen molar-refractivity contribution in [1.29, 1.82) is 0 Å². The van der Waals surface area contributed by atoms with Crippen molar-refractivity contribution >= 4 is 0 Å². The average Bonchev–Trinajstić information content (AvgIpc) is 2.76. The molecule has 0 amide bonds. The number of ether oxygens (including phenoxy) is 3. The molecule has 2 rings (SSSR count). The Bertz CT molecular complexity index is 367. The van der Waals surface area contributed by atoms with E-state index in [9.17, 15) is 0 Å². The third kappa shape index (κ3) is 1.93. The van der Waals surface area contributed by atoms with E-state index < -0.39 is 5.79 Å². The highest BCUT2D eigenvalue weighted by atomic mass is 16.7. The summed E-state index contributed by atoms with van der Waals surface area (Å²) in [4.78, 5) is 0. The molecular formula is C13H18O3. The molecule has 0 atom stereocenters. The lowest BCUT2D eigenvalue weighted by molar-refractivity contribution is -0.150. The van der Waals surface area contributed by atoms with Gasteiger partial charge in [0.15, 0.2) is 5.79 Å². The van der Waals surface area contributed by atoms with Crippen LogP contribution in [0.15, 0.2) is 18.2 Å². The molecule has 1 aromatic carbocycles. The molecule has 16 heavy (non-hydrogen) atoms. The third-order valence-corrected chi connectivity index (χ3v) is 3.02. The molecule has 3 nitrogen and oxygen atoms in total. The summed E-state index contributed by atoms with van der Waals surface area (Å²) in [5.41, 5.74) is 2.32. The minimum atomic E-state index is -0.586. The predicted molar refractivity (Wildman–Crippen MR) is 61.6 cm³/mol. The van der Waals surface area contributed by atoms with E-state index in [-0.39, 0.29) is 0 Å². The van der Waals surface area contributed by atoms with Gasteiger partial charge in [0.2, 0.25) is 0 Å². The molecule has 0 saturated carbocycles. The lowest BCUT2D eigenvalue weighted by Crippen LogP contribution is -2.24. The zero-order valence-corrected chi connectivity index (χ0v) is 10.1. The van der Waals surface area contributed by atoms with E-state index in [0.29, 0.717) is 13.2 Å². The molecule has 0 radical (unpaired) electrons. The maximum Gasteiger partial charge on any atom is 0.192 e. The highest BCUT2D eigenvalue weighted by molar-refractivity contribution is 5.38. The fourth-order valence-electron chi connectivity index (χ4n) is 2.10.